The molecule has 2 atom stereocenters. The summed E-state index contributed by atoms with van der Waals surface area (Å²) in [5.74, 6) is 0.716. The summed E-state index contributed by atoms with van der Waals surface area (Å²) in [4.78, 5) is 6.59. The van der Waals surface area contributed by atoms with Crippen molar-refractivity contribution in [2.45, 2.75) is 25.4 Å². The summed E-state index contributed by atoms with van der Waals surface area (Å²) in [7, 11) is 4.02. The largest absolute Gasteiger partial charge is 0.504 e. The van der Waals surface area contributed by atoms with E-state index in [1.165, 1.54) is 12.1 Å². The fourth-order valence-electron chi connectivity index (χ4n) is 3.44. The van der Waals surface area contributed by atoms with Crippen molar-refractivity contribution in [2.75, 3.05) is 20.6 Å². The summed E-state index contributed by atoms with van der Waals surface area (Å²) in [5, 5.41) is 29.2. The molecule has 4 rings (SSSR count). The predicted molar refractivity (Wildman–Crippen MR) is 110 cm³/mol. The average Bonchev–Trinajstić information content (AvgIpc) is 3.35. The van der Waals surface area contributed by atoms with Gasteiger partial charge in [-0.05, 0) is 49.5 Å². The molecule has 0 bridgehead atoms. The molecule has 3 aromatic rings. The van der Waals surface area contributed by atoms with Crippen LogP contribution in [0.3, 0.4) is 0 Å². The number of hydrogen-bond donors (Lipinski definition) is 3. The molecule has 8 nitrogen and oxygen atoms in total. The fourth-order valence-corrected chi connectivity index (χ4v) is 3.44. The molecule has 0 saturated carbocycles. The van der Waals surface area contributed by atoms with Crippen LogP contribution in [-0.4, -0.2) is 56.7 Å². The molecule has 0 aliphatic carbocycles. The second-order valence-corrected chi connectivity index (χ2v) is 7.60. The summed E-state index contributed by atoms with van der Waals surface area (Å²) in [5.41, 5.74) is 2.35. The van der Waals surface area contributed by atoms with Gasteiger partial charge < -0.3 is 34.3 Å². The highest BCUT2D eigenvalue weighted by Gasteiger charge is 2.35. The zero-order chi connectivity index (χ0) is 21.3. The molecule has 0 saturated heterocycles. The minimum atomic E-state index is -0.714. The van der Waals surface area contributed by atoms with Crippen molar-refractivity contribution in [2.24, 2.45) is 0 Å². The van der Waals surface area contributed by atoms with Crippen molar-refractivity contribution in [3.05, 3.63) is 65.7 Å². The van der Waals surface area contributed by atoms with Gasteiger partial charge in [0.1, 0.15) is 6.04 Å². The van der Waals surface area contributed by atoms with E-state index in [1.54, 1.807) is 30.6 Å². The van der Waals surface area contributed by atoms with Crippen LogP contribution in [0, 0.1) is 0 Å². The van der Waals surface area contributed by atoms with Gasteiger partial charge in [0.25, 0.3) is 6.29 Å². The van der Waals surface area contributed by atoms with Gasteiger partial charge in [0.15, 0.2) is 23.0 Å². The third kappa shape index (κ3) is 4.05. The molecule has 0 radical (unpaired) electrons. The van der Waals surface area contributed by atoms with Crippen molar-refractivity contribution >= 4 is 0 Å². The van der Waals surface area contributed by atoms with Crippen LogP contribution in [0.5, 0.6) is 23.0 Å². The van der Waals surface area contributed by atoms with Gasteiger partial charge in [0.2, 0.25) is 0 Å². The third-order valence-electron chi connectivity index (χ3n) is 5.07. The topological polar surface area (TPSA) is 100 Å². The van der Waals surface area contributed by atoms with Crippen LogP contribution in [0.4, 0.5) is 0 Å². The van der Waals surface area contributed by atoms with Gasteiger partial charge in [0, 0.05) is 19.2 Å². The Kier molecular flexibility index (Phi) is 5.52. The molecule has 2 heterocycles. The molecular formula is C22H25N3O5. The second-order valence-electron chi connectivity index (χ2n) is 7.60. The van der Waals surface area contributed by atoms with E-state index in [2.05, 4.69) is 9.88 Å². The number of phenols is 2. The molecule has 1 aliphatic heterocycles. The van der Waals surface area contributed by atoms with Gasteiger partial charge >= 0.3 is 0 Å². The first-order valence-corrected chi connectivity index (χ1v) is 9.70. The Bertz CT molecular complexity index is 1030. The number of aromatic nitrogens is 2. The van der Waals surface area contributed by atoms with Crippen molar-refractivity contribution in [1.29, 1.82) is 0 Å². The Morgan fingerprint density at radius 1 is 1.07 bits per heavy atom. The number of aliphatic hydroxyl groups is 1. The standard InChI is InChI=1S/C22H25N3O5/c1-24(2)8-7-16-11-25(13-23-16)21(15-4-5-17(27)18(28)10-15)22-29-19-6-3-14(12-26)9-20(19)30-22/h3-6,9-11,13,21-22,26-28H,7-8,12H2,1-2H3. The molecule has 0 fully saturated rings. The molecule has 158 valence electrons. The van der Waals surface area contributed by atoms with Crippen LogP contribution in [0.2, 0.25) is 0 Å². The maximum Gasteiger partial charge on any atom is 0.266 e. The molecule has 1 aromatic heterocycles. The summed E-state index contributed by atoms with van der Waals surface area (Å²) in [6.45, 7) is 0.779. The smallest absolute Gasteiger partial charge is 0.266 e. The number of ether oxygens (including phenoxy) is 2. The lowest BCUT2D eigenvalue weighted by Crippen LogP contribution is -2.31. The molecular weight excluding hydrogens is 386 g/mol. The number of likely N-dealkylation sites (N-methyl/N-ethyl adjacent to an activating group) is 1. The zero-order valence-electron chi connectivity index (χ0n) is 16.9. The van der Waals surface area contributed by atoms with Gasteiger partial charge in [-0.3, -0.25) is 0 Å². The van der Waals surface area contributed by atoms with E-state index >= 15 is 0 Å². The molecule has 2 unspecified atom stereocenters. The molecule has 0 spiro atoms. The van der Waals surface area contributed by atoms with Gasteiger partial charge in [-0.2, -0.15) is 0 Å². The van der Waals surface area contributed by atoms with E-state index in [0.717, 1.165) is 24.2 Å². The van der Waals surface area contributed by atoms with Gasteiger partial charge in [-0.1, -0.05) is 12.1 Å². The SMILES string of the molecule is CN(C)CCc1cn(C(c2ccc(O)c(O)c2)C2Oc3ccc(CO)cc3O2)cn1. The summed E-state index contributed by atoms with van der Waals surface area (Å²) >= 11 is 0. The molecule has 0 amide bonds. The number of fused-ring (bicyclic) bond motifs is 1. The quantitative estimate of drug-likeness (QED) is 0.513. The van der Waals surface area contributed by atoms with Crippen LogP contribution < -0.4 is 9.47 Å². The lowest BCUT2D eigenvalue weighted by molar-refractivity contribution is 0.0148. The molecule has 1 aliphatic rings. The Balaban J connectivity index is 1.67. The Hall–Kier alpha value is -3.23. The van der Waals surface area contributed by atoms with E-state index in [1.807, 2.05) is 24.9 Å². The second kappa shape index (κ2) is 8.25. The van der Waals surface area contributed by atoms with Crippen molar-refractivity contribution in [3.63, 3.8) is 0 Å². The first-order valence-electron chi connectivity index (χ1n) is 9.70. The number of rotatable bonds is 7. The first-order chi connectivity index (χ1) is 14.4. The number of aliphatic hydroxyl groups excluding tert-OH is 1. The van der Waals surface area contributed by atoms with Crippen molar-refractivity contribution in [1.82, 2.24) is 14.5 Å². The summed E-state index contributed by atoms with van der Waals surface area (Å²) in [6.07, 6.45) is 3.73. The van der Waals surface area contributed by atoms with Crippen molar-refractivity contribution < 1.29 is 24.8 Å². The van der Waals surface area contributed by atoms with E-state index in [0.29, 0.717) is 17.1 Å². The number of imidazole rings is 1. The zero-order valence-corrected chi connectivity index (χ0v) is 16.9. The highest BCUT2D eigenvalue weighted by molar-refractivity contribution is 5.46. The molecule has 2 aromatic carbocycles. The monoisotopic (exact) mass is 411 g/mol. The number of hydrogen-bond acceptors (Lipinski definition) is 7. The number of benzene rings is 2. The summed E-state index contributed by atoms with van der Waals surface area (Å²) < 4.78 is 14.0. The number of aromatic hydroxyl groups is 2. The maximum atomic E-state index is 10.0. The minimum Gasteiger partial charge on any atom is -0.504 e. The van der Waals surface area contributed by atoms with Gasteiger partial charge in [-0.25, -0.2) is 4.98 Å². The third-order valence-corrected chi connectivity index (χ3v) is 5.07. The van der Waals surface area contributed by atoms with Crippen molar-refractivity contribution in [3.8, 4) is 23.0 Å². The Morgan fingerprint density at radius 3 is 2.60 bits per heavy atom. The normalized spacial score (nSPS) is 16.2. The van der Waals surface area contributed by atoms with Crippen LogP contribution in [0.1, 0.15) is 22.9 Å². The lowest BCUT2D eigenvalue weighted by Gasteiger charge is -2.24. The Labute approximate surface area is 174 Å². The minimum absolute atomic E-state index is 0.0900. The maximum absolute atomic E-state index is 10.0. The van der Waals surface area contributed by atoms with Gasteiger partial charge in [-0.15, -0.1) is 0 Å². The van der Waals surface area contributed by atoms with E-state index < -0.39 is 12.3 Å². The Morgan fingerprint density at radius 2 is 1.87 bits per heavy atom. The average molecular weight is 411 g/mol. The molecule has 30 heavy (non-hydrogen) atoms. The van der Waals surface area contributed by atoms with E-state index in [4.69, 9.17) is 9.47 Å². The predicted octanol–water partition coefficient (Wildman–Crippen LogP) is 2.28. The fraction of sp³-hybridized carbons (Fsp3) is 0.318. The van der Waals surface area contributed by atoms with Crippen LogP contribution in [-0.2, 0) is 13.0 Å². The number of nitrogens with zero attached hydrogens (tertiary/aromatic N) is 3. The lowest BCUT2D eigenvalue weighted by atomic mass is 10.1. The highest BCUT2D eigenvalue weighted by Crippen LogP contribution is 2.41. The number of phenolic OH excluding ortho intramolecular Hbond substituents is 2. The van der Waals surface area contributed by atoms with Gasteiger partial charge in [0.05, 0.1) is 18.6 Å². The molecule has 3 N–H and O–H groups in total. The van der Waals surface area contributed by atoms with E-state index in [-0.39, 0.29) is 18.1 Å². The van der Waals surface area contributed by atoms with Crippen LogP contribution in [0.25, 0.3) is 0 Å². The van der Waals surface area contributed by atoms with E-state index in [9.17, 15) is 15.3 Å². The summed E-state index contributed by atoms with van der Waals surface area (Å²) in [6, 6.07) is 9.49. The molecule has 8 heteroatoms. The highest BCUT2D eigenvalue weighted by atomic mass is 16.7. The van der Waals surface area contributed by atoms with Crippen LogP contribution >= 0.6 is 0 Å². The first kappa shape index (κ1) is 20.1. The van der Waals surface area contributed by atoms with Crippen LogP contribution in [0.15, 0.2) is 48.9 Å².